The molecular formula is C9H8O3S. The van der Waals surface area contributed by atoms with Crippen LogP contribution < -0.4 is 0 Å². The Labute approximate surface area is 77.5 Å². The maximum Gasteiger partial charge on any atom is 0.297 e. The van der Waals surface area contributed by atoms with Crippen LogP contribution in [-0.2, 0) is 14.3 Å². The van der Waals surface area contributed by atoms with Gasteiger partial charge in [0.2, 0.25) is 0 Å². The minimum Gasteiger partial charge on any atom is -0.253 e. The first-order chi connectivity index (χ1) is 6.17. The van der Waals surface area contributed by atoms with Crippen LogP contribution in [0.5, 0.6) is 0 Å². The SMILES string of the molecule is C#CCOS(=O)(=O)[13c]1[13cH][13cH][13cH][13cH][13cH]1. The van der Waals surface area contributed by atoms with Gasteiger partial charge in [-0.2, -0.15) is 8.42 Å². The molecule has 68 valence electrons. The Morgan fingerprint density at radius 3 is 2.46 bits per heavy atom. The van der Waals surface area contributed by atoms with E-state index in [0.29, 0.717) is 0 Å². The van der Waals surface area contributed by atoms with Gasteiger partial charge in [0.15, 0.2) is 0 Å². The van der Waals surface area contributed by atoms with Crippen LogP contribution in [0.3, 0.4) is 0 Å². The molecule has 0 unspecified atom stereocenters. The standard InChI is InChI=1S/C9H8O3S/c1-2-8-12-13(10,11)9-6-4-3-5-7-9/h1,3-7H,8H2/i3+1,4+1,5+1,6+1,7+1,9+1. The molecule has 0 N–H and O–H groups in total. The maximum absolute atomic E-state index is 11.3. The van der Waals surface area contributed by atoms with Crippen molar-refractivity contribution in [1.29, 1.82) is 0 Å². The van der Waals surface area contributed by atoms with Gasteiger partial charge >= 0.3 is 0 Å². The van der Waals surface area contributed by atoms with Gasteiger partial charge in [0.05, 0.1) is 4.90 Å². The first-order valence-corrected chi connectivity index (χ1v) is 4.95. The number of hydrogen-bond acceptors (Lipinski definition) is 3. The monoisotopic (exact) mass is 202 g/mol. The summed E-state index contributed by atoms with van der Waals surface area (Å²) < 4.78 is 27.0. The summed E-state index contributed by atoms with van der Waals surface area (Å²) in [6.07, 6.45) is 4.87. The van der Waals surface area contributed by atoms with Crippen molar-refractivity contribution >= 4 is 10.1 Å². The third kappa shape index (κ3) is 2.58. The molecule has 0 amide bonds. The van der Waals surface area contributed by atoms with E-state index in [2.05, 4.69) is 10.1 Å². The molecule has 0 aliphatic heterocycles. The molecule has 0 radical (unpaired) electrons. The second kappa shape index (κ2) is 4.08. The Hall–Kier alpha value is -1.31. The van der Waals surface area contributed by atoms with E-state index < -0.39 is 10.1 Å². The second-order valence-electron chi connectivity index (χ2n) is 2.23. The van der Waals surface area contributed by atoms with Crippen LogP contribution in [0.4, 0.5) is 0 Å². The lowest BCUT2D eigenvalue weighted by Gasteiger charge is -2.00. The lowest BCUT2D eigenvalue weighted by atomic mass is 10.8. The van der Waals surface area contributed by atoms with Crippen molar-refractivity contribution in [3.05, 3.63) is 30.3 Å². The van der Waals surface area contributed by atoms with Crippen LogP contribution in [0.2, 0.25) is 0 Å². The van der Waals surface area contributed by atoms with E-state index in [1.807, 2.05) is 0 Å². The van der Waals surface area contributed by atoms with E-state index >= 15 is 0 Å². The highest BCUT2D eigenvalue weighted by Gasteiger charge is 2.12. The van der Waals surface area contributed by atoms with E-state index in [4.69, 9.17) is 6.42 Å². The molecule has 3 nitrogen and oxygen atoms in total. The number of rotatable bonds is 3. The van der Waals surface area contributed by atoms with Crippen LogP contribution in [0.25, 0.3) is 0 Å². The zero-order chi connectivity index (χ0) is 9.73. The van der Waals surface area contributed by atoms with E-state index in [-0.39, 0.29) is 11.5 Å². The van der Waals surface area contributed by atoms with Gasteiger partial charge in [-0.15, -0.1) is 6.42 Å². The predicted molar refractivity (Wildman–Crippen MR) is 48.4 cm³/mol. The normalized spacial score (nSPS) is 10.7. The second-order valence-corrected chi connectivity index (χ2v) is 3.85. The molecule has 1 aromatic rings. The van der Waals surface area contributed by atoms with Crippen molar-refractivity contribution in [2.75, 3.05) is 6.61 Å². The zero-order valence-electron chi connectivity index (χ0n) is 6.80. The number of benzene rings is 1. The average molecular weight is 202 g/mol. The van der Waals surface area contributed by atoms with Gasteiger partial charge < -0.3 is 0 Å². The highest BCUT2D eigenvalue weighted by atomic mass is 32.2. The molecule has 0 saturated carbocycles. The Morgan fingerprint density at radius 1 is 1.31 bits per heavy atom. The van der Waals surface area contributed by atoms with Gasteiger partial charge in [0, 0.05) is 0 Å². The lowest BCUT2D eigenvalue weighted by Crippen LogP contribution is -2.06. The Morgan fingerprint density at radius 2 is 1.92 bits per heavy atom. The molecule has 0 heterocycles. The minimum absolute atomic E-state index is 0.116. The average Bonchev–Trinajstić information content (AvgIpc) is 2.16. The molecule has 0 aliphatic rings. The summed E-state index contributed by atoms with van der Waals surface area (Å²) in [4.78, 5) is 0.116. The molecule has 0 atom stereocenters. The van der Waals surface area contributed by atoms with Crippen LogP contribution in [0, 0.1) is 12.3 Å². The molecular weight excluding hydrogens is 194 g/mol. The van der Waals surface area contributed by atoms with Gasteiger partial charge in [-0.1, -0.05) is 24.1 Å². The summed E-state index contributed by atoms with van der Waals surface area (Å²) in [5.41, 5.74) is 0. The first kappa shape index (κ1) is 9.78. The van der Waals surface area contributed by atoms with Crippen LogP contribution in [0.15, 0.2) is 35.2 Å². The molecule has 1 aromatic carbocycles. The maximum atomic E-state index is 11.3. The molecule has 4 heteroatoms. The highest BCUT2D eigenvalue weighted by molar-refractivity contribution is 7.86. The first-order valence-electron chi connectivity index (χ1n) is 3.55. The fourth-order valence-corrected chi connectivity index (χ4v) is 1.62. The summed E-state index contributed by atoms with van der Waals surface area (Å²) in [7, 11) is -3.66. The van der Waals surface area contributed by atoms with E-state index in [0.717, 1.165) is 0 Å². The van der Waals surface area contributed by atoms with Gasteiger partial charge in [-0.25, -0.2) is 0 Å². The molecule has 13 heavy (non-hydrogen) atoms. The third-order valence-corrected chi connectivity index (χ3v) is 2.61. The summed E-state index contributed by atoms with van der Waals surface area (Å²) >= 11 is 0. The van der Waals surface area contributed by atoms with Crippen molar-refractivity contribution in [3.63, 3.8) is 0 Å². The van der Waals surface area contributed by atoms with Crippen molar-refractivity contribution in [2.24, 2.45) is 0 Å². The largest absolute Gasteiger partial charge is 0.297 e. The van der Waals surface area contributed by atoms with Crippen molar-refractivity contribution in [1.82, 2.24) is 0 Å². The molecule has 0 saturated heterocycles. The van der Waals surface area contributed by atoms with Crippen molar-refractivity contribution in [3.8, 4) is 12.3 Å². The minimum atomic E-state index is -3.66. The van der Waals surface area contributed by atoms with Gasteiger partial charge in [-0.05, 0) is 12.1 Å². The van der Waals surface area contributed by atoms with Crippen molar-refractivity contribution in [2.45, 2.75) is 4.90 Å². The smallest absolute Gasteiger partial charge is 0.253 e. The summed E-state index contributed by atoms with van der Waals surface area (Å²) in [5, 5.41) is 0. The molecule has 0 aliphatic carbocycles. The Bertz CT molecular complexity index is 400. The van der Waals surface area contributed by atoms with Crippen LogP contribution in [-0.4, -0.2) is 15.0 Å². The Balaban J connectivity index is 2.90. The van der Waals surface area contributed by atoms with Gasteiger partial charge in [0.25, 0.3) is 10.1 Å². The fourth-order valence-electron chi connectivity index (χ4n) is 0.767. The van der Waals surface area contributed by atoms with Crippen molar-refractivity contribution < 1.29 is 12.6 Å². The molecule has 0 aromatic heterocycles. The third-order valence-electron chi connectivity index (χ3n) is 1.33. The molecule has 0 fully saturated rings. The molecule has 0 bridgehead atoms. The number of hydrogen-bond donors (Lipinski definition) is 0. The fraction of sp³-hybridized carbons (Fsp3) is 0.111. The quantitative estimate of drug-likeness (QED) is 0.543. The van der Waals surface area contributed by atoms with Crippen LogP contribution in [0.1, 0.15) is 0 Å². The summed E-state index contributed by atoms with van der Waals surface area (Å²) in [6.45, 7) is -0.239. The molecule has 0 spiro atoms. The lowest BCUT2D eigenvalue weighted by molar-refractivity contribution is 0.363. The van der Waals surface area contributed by atoms with E-state index in [1.54, 1.807) is 18.2 Å². The van der Waals surface area contributed by atoms with E-state index in [1.165, 1.54) is 12.1 Å². The van der Waals surface area contributed by atoms with Gasteiger partial charge in [0.1, 0.15) is 6.61 Å². The molecule has 1 rings (SSSR count). The van der Waals surface area contributed by atoms with Crippen LogP contribution >= 0.6 is 0 Å². The van der Waals surface area contributed by atoms with E-state index in [9.17, 15) is 8.42 Å². The predicted octanol–water partition coefficient (Wildman–Crippen LogP) is 1.03. The Kier molecular flexibility index (Phi) is 3.07. The highest BCUT2D eigenvalue weighted by Crippen LogP contribution is 2.10. The topological polar surface area (TPSA) is 43.4 Å². The summed E-state index contributed by atoms with van der Waals surface area (Å²) in [6, 6.07) is 7.86. The number of terminal acetylenes is 1. The van der Waals surface area contributed by atoms with Gasteiger partial charge in [-0.3, -0.25) is 4.18 Å². The summed E-state index contributed by atoms with van der Waals surface area (Å²) in [5.74, 6) is 2.09. The zero-order valence-corrected chi connectivity index (χ0v) is 7.62.